The van der Waals surface area contributed by atoms with Crippen molar-refractivity contribution in [2.45, 2.75) is 27.1 Å². The van der Waals surface area contributed by atoms with E-state index >= 15 is 0 Å². The Labute approximate surface area is 149 Å². The Bertz CT molecular complexity index is 905. The fourth-order valence-corrected chi connectivity index (χ4v) is 2.70. The Morgan fingerprint density at radius 3 is 2.56 bits per heavy atom. The van der Waals surface area contributed by atoms with Crippen molar-refractivity contribution in [3.8, 4) is 0 Å². The summed E-state index contributed by atoms with van der Waals surface area (Å²) in [6, 6.07) is 7.20. The van der Waals surface area contributed by atoms with Gasteiger partial charge in [0, 0.05) is 12.1 Å². The van der Waals surface area contributed by atoms with Crippen LogP contribution in [0.4, 0.5) is 10.2 Å². The summed E-state index contributed by atoms with van der Waals surface area (Å²) >= 11 is 6.27. The number of amides is 1. The zero-order valence-electron chi connectivity index (χ0n) is 14.0. The predicted molar refractivity (Wildman–Crippen MR) is 96.4 cm³/mol. The lowest BCUT2D eigenvalue weighted by Crippen LogP contribution is -2.18. The van der Waals surface area contributed by atoms with Gasteiger partial charge < -0.3 is 5.32 Å². The Hall–Kier alpha value is -2.47. The minimum absolute atomic E-state index is 0.133. The second-order valence-electron chi connectivity index (χ2n) is 6.12. The van der Waals surface area contributed by atoms with E-state index in [9.17, 15) is 9.18 Å². The minimum atomic E-state index is -0.490. The quantitative estimate of drug-likeness (QED) is 0.741. The SMILES string of the molecule is CC(C)C(=O)Nc1nn(Cc2ccc(CF)cc2)c2cncc(Cl)c12. The third kappa shape index (κ3) is 3.64. The highest BCUT2D eigenvalue weighted by atomic mass is 35.5. The zero-order valence-corrected chi connectivity index (χ0v) is 14.7. The second kappa shape index (κ2) is 7.19. The number of anilines is 1. The summed E-state index contributed by atoms with van der Waals surface area (Å²) in [5.74, 6) is 0.113. The summed E-state index contributed by atoms with van der Waals surface area (Å²) in [6.07, 6.45) is 3.19. The summed E-state index contributed by atoms with van der Waals surface area (Å²) in [5.41, 5.74) is 2.31. The van der Waals surface area contributed by atoms with Gasteiger partial charge in [-0.3, -0.25) is 14.5 Å². The number of aromatic nitrogens is 3. The molecular weight excluding hydrogens is 343 g/mol. The number of fused-ring (bicyclic) bond motifs is 1. The van der Waals surface area contributed by atoms with Crippen molar-refractivity contribution in [1.29, 1.82) is 0 Å². The van der Waals surface area contributed by atoms with E-state index in [0.29, 0.717) is 28.3 Å². The molecule has 1 aromatic carbocycles. The summed E-state index contributed by atoms with van der Waals surface area (Å²) in [5, 5.41) is 8.40. The Morgan fingerprint density at radius 2 is 1.92 bits per heavy atom. The molecule has 2 heterocycles. The summed E-state index contributed by atoms with van der Waals surface area (Å²) < 4.78 is 14.4. The Kier molecular flexibility index (Phi) is 4.99. The van der Waals surface area contributed by atoms with Crippen molar-refractivity contribution in [3.63, 3.8) is 0 Å². The summed E-state index contributed by atoms with van der Waals surface area (Å²) in [7, 11) is 0. The van der Waals surface area contributed by atoms with E-state index in [4.69, 9.17) is 11.6 Å². The predicted octanol–water partition coefficient (Wildman–Crippen LogP) is 4.20. The highest BCUT2D eigenvalue weighted by Crippen LogP contribution is 2.30. The fourth-order valence-electron chi connectivity index (χ4n) is 2.46. The van der Waals surface area contributed by atoms with Gasteiger partial charge in [-0.1, -0.05) is 49.7 Å². The van der Waals surface area contributed by atoms with Crippen molar-refractivity contribution in [3.05, 3.63) is 52.8 Å². The number of carbonyl (C=O) groups excluding carboxylic acids is 1. The Balaban J connectivity index is 2.00. The average Bonchev–Trinajstić information content (AvgIpc) is 2.94. The van der Waals surface area contributed by atoms with Crippen molar-refractivity contribution in [2.75, 3.05) is 5.32 Å². The molecule has 2 aromatic heterocycles. The van der Waals surface area contributed by atoms with E-state index in [1.54, 1.807) is 23.0 Å². The smallest absolute Gasteiger partial charge is 0.228 e. The van der Waals surface area contributed by atoms with Crippen molar-refractivity contribution in [1.82, 2.24) is 14.8 Å². The highest BCUT2D eigenvalue weighted by molar-refractivity contribution is 6.36. The monoisotopic (exact) mass is 360 g/mol. The second-order valence-corrected chi connectivity index (χ2v) is 6.52. The number of hydrogen-bond acceptors (Lipinski definition) is 3. The maximum atomic E-state index is 12.6. The maximum absolute atomic E-state index is 12.6. The molecule has 0 fully saturated rings. The number of nitrogens with one attached hydrogen (secondary N) is 1. The standard InChI is InChI=1S/C18H18ClFN4O/c1-11(2)18(25)22-17-16-14(19)8-21-9-15(16)24(23-17)10-13-5-3-12(7-20)4-6-13/h3-6,8-9,11H,7,10H2,1-2H3,(H,22,23,25). The molecule has 130 valence electrons. The normalized spacial score (nSPS) is 11.2. The molecule has 1 amide bonds. The molecule has 0 spiro atoms. The van der Waals surface area contributed by atoms with Crippen molar-refractivity contribution < 1.29 is 9.18 Å². The first-order chi connectivity index (χ1) is 12.0. The summed E-state index contributed by atoms with van der Waals surface area (Å²) in [6.45, 7) is 3.59. The number of alkyl halides is 1. The lowest BCUT2D eigenvalue weighted by molar-refractivity contribution is -0.118. The van der Waals surface area contributed by atoms with E-state index in [1.165, 1.54) is 6.20 Å². The summed E-state index contributed by atoms with van der Waals surface area (Å²) in [4.78, 5) is 16.2. The minimum Gasteiger partial charge on any atom is -0.308 e. The van der Waals surface area contributed by atoms with Gasteiger partial charge >= 0.3 is 0 Å². The van der Waals surface area contributed by atoms with Gasteiger partial charge in [0.1, 0.15) is 6.67 Å². The molecule has 0 aliphatic carbocycles. The third-order valence-electron chi connectivity index (χ3n) is 3.89. The number of rotatable bonds is 5. The van der Waals surface area contributed by atoms with Crippen LogP contribution in [0.3, 0.4) is 0 Å². The van der Waals surface area contributed by atoms with Gasteiger partial charge in [0.15, 0.2) is 5.82 Å². The van der Waals surface area contributed by atoms with E-state index in [-0.39, 0.29) is 11.8 Å². The molecule has 7 heteroatoms. The number of carbonyl (C=O) groups is 1. The van der Waals surface area contributed by atoms with Crippen molar-refractivity contribution in [2.24, 2.45) is 5.92 Å². The van der Waals surface area contributed by atoms with Crippen LogP contribution in [0.2, 0.25) is 5.02 Å². The molecule has 0 bridgehead atoms. The maximum Gasteiger partial charge on any atom is 0.228 e. The van der Waals surface area contributed by atoms with Gasteiger partial charge in [-0.05, 0) is 11.1 Å². The van der Waals surface area contributed by atoms with Gasteiger partial charge in [-0.25, -0.2) is 4.39 Å². The number of pyridine rings is 1. The van der Waals surface area contributed by atoms with Gasteiger partial charge in [-0.2, -0.15) is 5.10 Å². The van der Waals surface area contributed by atoms with Gasteiger partial charge in [-0.15, -0.1) is 0 Å². The lowest BCUT2D eigenvalue weighted by Gasteiger charge is -2.05. The highest BCUT2D eigenvalue weighted by Gasteiger charge is 2.17. The molecule has 0 saturated heterocycles. The molecular formula is C18H18ClFN4O. The molecule has 25 heavy (non-hydrogen) atoms. The van der Waals surface area contributed by atoms with Crippen LogP contribution in [0.15, 0.2) is 36.7 Å². The van der Waals surface area contributed by atoms with Crippen LogP contribution in [0.1, 0.15) is 25.0 Å². The van der Waals surface area contributed by atoms with Crippen molar-refractivity contribution >= 4 is 34.2 Å². The molecule has 5 nitrogen and oxygen atoms in total. The molecule has 0 aliphatic rings. The molecule has 0 saturated carbocycles. The van der Waals surface area contributed by atoms with E-state index in [0.717, 1.165) is 11.1 Å². The van der Waals surface area contributed by atoms with Crippen LogP contribution in [0.5, 0.6) is 0 Å². The Morgan fingerprint density at radius 1 is 1.24 bits per heavy atom. The van der Waals surface area contributed by atoms with E-state index in [1.807, 2.05) is 26.0 Å². The largest absolute Gasteiger partial charge is 0.308 e. The van der Waals surface area contributed by atoms with Crippen LogP contribution >= 0.6 is 11.6 Å². The van der Waals surface area contributed by atoms with Crippen LogP contribution < -0.4 is 5.32 Å². The molecule has 0 aliphatic heterocycles. The zero-order chi connectivity index (χ0) is 18.0. The first-order valence-electron chi connectivity index (χ1n) is 7.94. The first-order valence-corrected chi connectivity index (χ1v) is 8.32. The molecule has 3 rings (SSSR count). The molecule has 0 unspecified atom stereocenters. The lowest BCUT2D eigenvalue weighted by atomic mass is 10.1. The number of halogens is 2. The van der Waals surface area contributed by atoms with Crippen LogP contribution in [-0.4, -0.2) is 20.7 Å². The first kappa shape index (κ1) is 17.4. The van der Waals surface area contributed by atoms with Crippen LogP contribution in [0.25, 0.3) is 10.9 Å². The van der Waals surface area contributed by atoms with E-state index in [2.05, 4.69) is 15.4 Å². The molecule has 1 N–H and O–H groups in total. The third-order valence-corrected chi connectivity index (χ3v) is 4.18. The number of nitrogens with zero attached hydrogens (tertiary/aromatic N) is 3. The van der Waals surface area contributed by atoms with Gasteiger partial charge in [0.2, 0.25) is 5.91 Å². The number of hydrogen-bond donors (Lipinski definition) is 1. The molecule has 3 aromatic rings. The van der Waals surface area contributed by atoms with Crippen LogP contribution in [-0.2, 0) is 18.0 Å². The van der Waals surface area contributed by atoms with E-state index < -0.39 is 6.67 Å². The molecule has 0 radical (unpaired) electrons. The van der Waals surface area contributed by atoms with Crippen LogP contribution in [0, 0.1) is 5.92 Å². The molecule has 0 atom stereocenters. The van der Waals surface area contributed by atoms with Gasteiger partial charge in [0.25, 0.3) is 0 Å². The average molecular weight is 361 g/mol. The van der Waals surface area contributed by atoms with Gasteiger partial charge in [0.05, 0.1) is 28.7 Å². The fraction of sp³-hybridized carbons (Fsp3) is 0.278. The topological polar surface area (TPSA) is 59.8 Å². The number of benzene rings is 1.